The molecule has 0 saturated heterocycles. The Bertz CT molecular complexity index is 699. The third kappa shape index (κ3) is 6.71. The van der Waals surface area contributed by atoms with Crippen LogP contribution in [0.3, 0.4) is 0 Å². The van der Waals surface area contributed by atoms with Crippen LogP contribution in [0.4, 0.5) is 0 Å². The second kappa shape index (κ2) is 8.45. The van der Waals surface area contributed by atoms with Crippen molar-refractivity contribution in [1.82, 2.24) is 0 Å². The van der Waals surface area contributed by atoms with E-state index in [1.54, 1.807) is 36.4 Å². The molecule has 0 unspecified atom stereocenters. The Hall–Kier alpha value is -1.40. The molecule has 0 amide bonds. The topological polar surface area (TPSA) is 63.6 Å². The minimum Gasteiger partial charge on any atom is -0.390 e. The zero-order valence-corrected chi connectivity index (χ0v) is 14.1. The molecular formula is C17H19ClO4S. The molecule has 4 nitrogen and oxygen atoms in total. The third-order valence-corrected chi connectivity index (χ3v) is 5.09. The summed E-state index contributed by atoms with van der Waals surface area (Å²) in [5, 5.41) is 10.5. The first kappa shape index (κ1) is 17.9. The van der Waals surface area contributed by atoms with Crippen molar-refractivity contribution in [3.05, 3.63) is 70.7 Å². The quantitative estimate of drug-likeness (QED) is 0.791. The predicted octanol–water partition coefficient (Wildman–Crippen LogP) is 2.83. The molecule has 6 heteroatoms. The Kier molecular flexibility index (Phi) is 6.59. The van der Waals surface area contributed by atoms with Gasteiger partial charge < -0.3 is 9.84 Å². The van der Waals surface area contributed by atoms with E-state index in [2.05, 4.69) is 0 Å². The van der Waals surface area contributed by atoms with Crippen LogP contribution in [0.2, 0.25) is 5.02 Å². The first-order valence-electron chi connectivity index (χ1n) is 7.19. The van der Waals surface area contributed by atoms with Crippen molar-refractivity contribution in [2.24, 2.45) is 0 Å². The summed E-state index contributed by atoms with van der Waals surface area (Å²) < 4.78 is 29.5. The van der Waals surface area contributed by atoms with E-state index >= 15 is 0 Å². The Labute approximate surface area is 141 Å². The molecule has 1 N–H and O–H groups in total. The second-order valence-electron chi connectivity index (χ2n) is 5.34. The van der Waals surface area contributed by atoms with E-state index < -0.39 is 15.9 Å². The van der Waals surface area contributed by atoms with Gasteiger partial charge in [0.05, 0.1) is 30.8 Å². The fourth-order valence-electron chi connectivity index (χ4n) is 2.12. The van der Waals surface area contributed by atoms with Crippen LogP contribution in [-0.4, -0.2) is 32.0 Å². The number of halogens is 1. The van der Waals surface area contributed by atoms with Crippen molar-refractivity contribution in [3.8, 4) is 0 Å². The number of hydrogen-bond donors (Lipinski definition) is 1. The number of ether oxygens (including phenoxy) is 1. The fraction of sp³-hybridized carbons (Fsp3) is 0.294. The van der Waals surface area contributed by atoms with Gasteiger partial charge in [-0.05, 0) is 23.3 Å². The fourth-order valence-corrected chi connectivity index (χ4v) is 3.75. The van der Waals surface area contributed by atoms with Gasteiger partial charge in [-0.15, -0.1) is 0 Å². The van der Waals surface area contributed by atoms with E-state index in [9.17, 15) is 13.5 Å². The lowest BCUT2D eigenvalue weighted by Crippen LogP contribution is -2.26. The zero-order valence-electron chi connectivity index (χ0n) is 12.6. The van der Waals surface area contributed by atoms with E-state index in [0.29, 0.717) is 17.2 Å². The van der Waals surface area contributed by atoms with Gasteiger partial charge in [0, 0.05) is 5.02 Å². The summed E-state index contributed by atoms with van der Waals surface area (Å²) in [5.74, 6) is -0.398. The number of aliphatic hydroxyl groups excluding tert-OH is 1. The van der Waals surface area contributed by atoms with Crippen LogP contribution in [0.25, 0.3) is 0 Å². The molecule has 0 aliphatic rings. The van der Waals surface area contributed by atoms with Gasteiger partial charge in [-0.1, -0.05) is 54.1 Å². The van der Waals surface area contributed by atoms with Crippen LogP contribution in [0.5, 0.6) is 0 Å². The van der Waals surface area contributed by atoms with Gasteiger partial charge in [-0.2, -0.15) is 0 Å². The summed E-state index contributed by atoms with van der Waals surface area (Å²) in [6.45, 7) is 0.267. The smallest absolute Gasteiger partial charge is 0.157 e. The van der Waals surface area contributed by atoms with Crippen LogP contribution >= 0.6 is 11.6 Å². The Morgan fingerprint density at radius 3 is 2.30 bits per heavy atom. The first-order valence-corrected chi connectivity index (χ1v) is 9.39. The van der Waals surface area contributed by atoms with Crippen LogP contribution in [0.15, 0.2) is 54.6 Å². The van der Waals surface area contributed by atoms with E-state index in [1.165, 1.54) is 0 Å². The molecule has 1 atom stereocenters. The predicted molar refractivity (Wildman–Crippen MR) is 91.0 cm³/mol. The lowest BCUT2D eigenvalue weighted by Gasteiger charge is -2.12. The van der Waals surface area contributed by atoms with Crippen molar-refractivity contribution in [2.45, 2.75) is 18.5 Å². The first-order chi connectivity index (χ1) is 10.9. The highest BCUT2D eigenvalue weighted by atomic mass is 35.5. The molecule has 0 aliphatic heterocycles. The number of sulfone groups is 1. The van der Waals surface area contributed by atoms with Crippen molar-refractivity contribution in [1.29, 1.82) is 0 Å². The summed E-state index contributed by atoms with van der Waals surface area (Å²) in [5.41, 5.74) is 1.62. The van der Waals surface area contributed by atoms with Crippen molar-refractivity contribution >= 4 is 21.4 Å². The largest absolute Gasteiger partial charge is 0.390 e. The SMILES string of the molecule is O=S(=O)(Cc1ccccc1)C[C@H](O)COCc1ccc(Cl)cc1. The lowest BCUT2D eigenvalue weighted by molar-refractivity contribution is 0.0390. The maximum atomic E-state index is 12.1. The zero-order chi connectivity index (χ0) is 16.7. The average Bonchev–Trinajstić information content (AvgIpc) is 2.49. The van der Waals surface area contributed by atoms with Crippen LogP contribution in [-0.2, 0) is 26.9 Å². The molecule has 0 saturated carbocycles. The maximum Gasteiger partial charge on any atom is 0.157 e. The van der Waals surface area contributed by atoms with Crippen LogP contribution < -0.4 is 0 Å². The Morgan fingerprint density at radius 1 is 1.00 bits per heavy atom. The monoisotopic (exact) mass is 354 g/mol. The third-order valence-electron chi connectivity index (χ3n) is 3.17. The number of rotatable bonds is 8. The molecule has 124 valence electrons. The number of aliphatic hydroxyl groups is 1. The molecule has 0 heterocycles. The van der Waals surface area contributed by atoms with Crippen molar-refractivity contribution in [3.63, 3.8) is 0 Å². The maximum absolute atomic E-state index is 12.1. The van der Waals surface area contributed by atoms with Gasteiger partial charge >= 0.3 is 0 Å². The molecule has 0 radical (unpaired) electrons. The van der Waals surface area contributed by atoms with Gasteiger partial charge in [-0.3, -0.25) is 0 Å². The van der Waals surface area contributed by atoms with Gasteiger partial charge in [0.25, 0.3) is 0 Å². The van der Waals surface area contributed by atoms with E-state index in [1.807, 2.05) is 18.2 Å². The summed E-state index contributed by atoms with van der Waals surface area (Å²) in [7, 11) is -3.38. The number of hydrogen-bond acceptors (Lipinski definition) is 4. The molecule has 2 aromatic carbocycles. The van der Waals surface area contributed by atoms with E-state index in [4.69, 9.17) is 16.3 Å². The average molecular weight is 355 g/mol. The molecular weight excluding hydrogens is 336 g/mol. The van der Waals surface area contributed by atoms with Crippen molar-refractivity contribution in [2.75, 3.05) is 12.4 Å². The normalized spacial score (nSPS) is 13.0. The highest BCUT2D eigenvalue weighted by Gasteiger charge is 2.18. The highest BCUT2D eigenvalue weighted by molar-refractivity contribution is 7.90. The minimum atomic E-state index is -3.38. The molecule has 0 aliphatic carbocycles. The minimum absolute atomic E-state index is 0.0311. The van der Waals surface area contributed by atoms with E-state index in [-0.39, 0.29) is 18.1 Å². The molecule has 2 rings (SSSR count). The molecule has 2 aromatic rings. The second-order valence-corrected chi connectivity index (χ2v) is 7.88. The highest BCUT2D eigenvalue weighted by Crippen LogP contribution is 2.11. The van der Waals surface area contributed by atoms with Gasteiger partial charge in [-0.25, -0.2) is 8.42 Å². The lowest BCUT2D eigenvalue weighted by atomic mass is 10.2. The number of benzene rings is 2. The molecule has 0 aromatic heterocycles. The molecule has 23 heavy (non-hydrogen) atoms. The van der Waals surface area contributed by atoms with E-state index in [0.717, 1.165) is 5.56 Å². The summed E-state index contributed by atoms with van der Waals surface area (Å²) >= 11 is 5.79. The molecule has 0 fully saturated rings. The summed E-state index contributed by atoms with van der Waals surface area (Å²) in [6.07, 6.45) is -1.05. The summed E-state index contributed by atoms with van der Waals surface area (Å²) in [4.78, 5) is 0. The summed E-state index contributed by atoms with van der Waals surface area (Å²) in [6, 6.07) is 16.0. The van der Waals surface area contributed by atoms with Crippen LogP contribution in [0.1, 0.15) is 11.1 Å². The Balaban J connectivity index is 1.77. The van der Waals surface area contributed by atoms with Gasteiger partial charge in [0.15, 0.2) is 9.84 Å². The van der Waals surface area contributed by atoms with Crippen LogP contribution in [0, 0.1) is 0 Å². The van der Waals surface area contributed by atoms with Gasteiger partial charge in [0.1, 0.15) is 0 Å². The van der Waals surface area contributed by atoms with Gasteiger partial charge in [0.2, 0.25) is 0 Å². The Morgan fingerprint density at radius 2 is 1.65 bits per heavy atom. The molecule has 0 spiro atoms. The molecule has 0 bridgehead atoms. The van der Waals surface area contributed by atoms with Crippen molar-refractivity contribution < 1.29 is 18.3 Å². The standard InChI is InChI=1S/C17H19ClO4S/c18-16-8-6-14(7-9-16)10-22-11-17(19)13-23(20,21)12-15-4-2-1-3-5-15/h1-9,17,19H,10-13H2/t17-/m1/s1.